The van der Waals surface area contributed by atoms with Crippen molar-refractivity contribution in [2.24, 2.45) is 13.0 Å². The van der Waals surface area contributed by atoms with E-state index in [1.807, 2.05) is 6.07 Å². The number of aliphatic hydroxyl groups excluding tert-OH is 1. The monoisotopic (exact) mass is 516 g/mol. The van der Waals surface area contributed by atoms with Crippen LogP contribution in [0.2, 0.25) is 5.02 Å². The van der Waals surface area contributed by atoms with E-state index in [1.54, 1.807) is 54.0 Å². The smallest absolute Gasteiger partial charge is 0.328 e. The van der Waals surface area contributed by atoms with Crippen LogP contribution in [0.4, 0.5) is 21.7 Å². The quantitative estimate of drug-likeness (QED) is 0.459. The fraction of sp³-hybridized carbons (Fsp3) is 0.480. The third-order valence-corrected chi connectivity index (χ3v) is 6.85. The molecule has 0 unspecified atom stereocenters. The summed E-state index contributed by atoms with van der Waals surface area (Å²) in [5, 5.41) is 33.3. The molecule has 1 aliphatic heterocycles. The Balaban J connectivity index is 1.70. The van der Waals surface area contributed by atoms with Crippen molar-refractivity contribution in [1.82, 2.24) is 14.1 Å². The Labute approximate surface area is 213 Å². The summed E-state index contributed by atoms with van der Waals surface area (Å²) in [5.74, 6) is 0.163. The van der Waals surface area contributed by atoms with Crippen molar-refractivity contribution >= 4 is 40.0 Å². The van der Waals surface area contributed by atoms with Gasteiger partial charge in [0, 0.05) is 38.3 Å². The number of aromatic nitrogens is 3. The van der Waals surface area contributed by atoms with Crippen LogP contribution in [-0.2, 0) is 13.6 Å². The maximum absolute atomic E-state index is 14.1. The average Bonchev–Trinajstić information content (AvgIpc) is 3.05. The van der Waals surface area contributed by atoms with Crippen LogP contribution in [0.15, 0.2) is 29.1 Å². The Kier molecular flexibility index (Phi) is 7.01. The molecule has 3 heterocycles. The number of aliphatic hydroxyl groups is 2. The van der Waals surface area contributed by atoms with Gasteiger partial charge < -0.3 is 20.4 Å². The zero-order valence-electron chi connectivity index (χ0n) is 20.7. The number of fused-ring (bicyclic) bond motifs is 1. The molecular weight excluding hydrogens is 487 g/mol. The fourth-order valence-electron chi connectivity index (χ4n) is 4.52. The zero-order chi connectivity index (χ0) is 26.4. The number of imidazole rings is 1. The number of rotatable bonds is 6. The van der Waals surface area contributed by atoms with E-state index in [0.717, 1.165) is 5.52 Å². The van der Waals surface area contributed by atoms with Gasteiger partial charge in [0.05, 0.1) is 27.2 Å². The number of hydrogen-bond donors (Lipinski definition) is 3. The molecule has 2 aromatic heterocycles. The van der Waals surface area contributed by atoms with E-state index in [9.17, 15) is 24.7 Å². The van der Waals surface area contributed by atoms with Crippen molar-refractivity contribution in [2.45, 2.75) is 51.6 Å². The molecule has 0 aliphatic carbocycles. The summed E-state index contributed by atoms with van der Waals surface area (Å²) in [4.78, 5) is 19.1. The van der Waals surface area contributed by atoms with Crippen LogP contribution >= 0.6 is 11.6 Å². The number of benzene rings is 1. The molecule has 3 N–H and O–H groups in total. The number of hydrogen-bond acceptors (Lipinski definition) is 7. The summed E-state index contributed by atoms with van der Waals surface area (Å²) in [6.45, 7) is 5.74. The van der Waals surface area contributed by atoms with Crippen molar-refractivity contribution in [2.75, 3.05) is 23.3 Å². The lowest BCUT2D eigenvalue weighted by Crippen LogP contribution is -2.50. The molecule has 1 aliphatic rings. The van der Waals surface area contributed by atoms with E-state index in [4.69, 9.17) is 11.6 Å². The van der Waals surface area contributed by atoms with Crippen LogP contribution in [0.3, 0.4) is 0 Å². The van der Waals surface area contributed by atoms with Gasteiger partial charge in [-0.15, -0.1) is 0 Å². The molecule has 4 rings (SSSR count). The third kappa shape index (κ3) is 5.05. The van der Waals surface area contributed by atoms with E-state index in [-0.39, 0.29) is 28.6 Å². The van der Waals surface area contributed by atoms with Crippen LogP contribution in [-0.4, -0.2) is 55.3 Å². The average molecular weight is 517 g/mol. The summed E-state index contributed by atoms with van der Waals surface area (Å²) >= 11 is 6.44. The summed E-state index contributed by atoms with van der Waals surface area (Å²) in [6.07, 6.45) is -2.13. The predicted molar refractivity (Wildman–Crippen MR) is 138 cm³/mol. The highest BCUT2D eigenvalue weighted by Crippen LogP contribution is 2.33. The van der Waals surface area contributed by atoms with Crippen molar-refractivity contribution in [1.29, 1.82) is 5.26 Å². The first-order valence-corrected chi connectivity index (χ1v) is 12.1. The highest BCUT2D eigenvalue weighted by Gasteiger charge is 2.35. The Hall–Kier alpha value is -3.13. The van der Waals surface area contributed by atoms with Gasteiger partial charge in [0.15, 0.2) is 5.82 Å². The molecule has 0 bridgehead atoms. The van der Waals surface area contributed by atoms with Gasteiger partial charge in [-0.25, -0.2) is 14.2 Å². The molecule has 1 saturated heterocycles. The highest BCUT2D eigenvalue weighted by molar-refractivity contribution is 6.33. The second kappa shape index (κ2) is 9.73. The number of nitrogens with one attached hydrogen (secondary N) is 1. The SMILES string of the molecule is C[C@H]1CN(c2nc(Nc3ccc4c(c3)n(CCC(C)(C)O)c(=O)n4C)c(Cl)cc2C#N)C[C@@H](O)[C@H]1F. The molecule has 1 aromatic carbocycles. The van der Waals surface area contributed by atoms with E-state index in [1.165, 1.54) is 6.07 Å². The second-order valence-corrected chi connectivity index (χ2v) is 10.5. The third-order valence-electron chi connectivity index (χ3n) is 6.56. The van der Waals surface area contributed by atoms with Crippen molar-refractivity contribution in [3.63, 3.8) is 0 Å². The van der Waals surface area contributed by atoms with Gasteiger partial charge in [-0.3, -0.25) is 9.13 Å². The van der Waals surface area contributed by atoms with Gasteiger partial charge in [0.25, 0.3) is 0 Å². The van der Waals surface area contributed by atoms with Gasteiger partial charge >= 0.3 is 5.69 Å². The van der Waals surface area contributed by atoms with Gasteiger partial charge in [-0.05, 0) is 44.5 Å². The second-order valence-electron chi connectivity index (χ2n) is 10.1. The number of aryl methyl sites for hydroxylation is 2. The van der Waals surface area contributed by atoms with Crippen LogP contribution in [0, 0.1) is 17.2 Å². The van der Waals surface area contributed by atoms with E-state index < -0.39 is 23.8 Å². The van der Waals surface area contributed by atoms with E-state index >= 15 is 0 Å². The number of β-amino-alcohol motifs (C(OH)–C–C–N with tert-alkyl or cyclic N) is 1. The maximum Gasteiger partial charge on any atom is 0.328 e. The fourth-order valence-corrected chi connectivity index (χ4v) is 4.72. The Morgan fingerprint density at radius 3 is 2.67 bits per heavy atom. The largest absolute Gasteiger partial charge is 0.390 e. The predicted octanol–water partition coefficient (Wildman–Crippen LogP) is 3.32. The number of nitrogens with zero attached hydrogens (tertiary/aromatic N) is 5. The molecule has 0 amide bonds. The number of pyridine rings is 1. The lowest BCUT2D eigenvalue weighted by Gasteiger charge is -2.37. The highest BCUT2D eigenvalue weighted by atomic mass is 35.5. The first-order chi connectivity index (χ1) is 16.9. The van der Waals surface area contributed by atoms with Crippen molar-refractivity contribution < 1.29 is 14.6 Å². The van der Waals surface area contributed by atoms with Gasteiger partial charge in [0.1, 0.15) is 24.2 Å². The minimum absolute atomic E-state index is 0.0116. The number of piperidine rings is 1. The summed E-state index contributed by atoms with van der Waals surface area (Å²) in [7, 11) is 1.69. The van der Waals surface area contributed by atoms with Gasteiger partial charge in [-0.1, -0.05) is 18.5 Å². The van der Waals surface area contributed by atoms with Crippen LogP contribution in [0.25, 0.3) is 11.0 Å². The first kappa shape index (κ1) is 25.9. The van der Waals surface area contributed by atoms with Crippen LogP contribution in [0.1, 0.15) is 32.8 Å². The molecule has 3 atom stereocenters. The molecule has 9 nitrogen and oxygen atoms in total. The number of halogens is 2. The number of anilines is 3. The van der Waals surface area contributed by atoms with Gasteiger partial charge in [-0.2, -0.15) is 5.26 Å². The topological polar surface area (TPSA) is 119 Å². The normalized spacial score (nSPS) is 20.5. The minimum Gasteiger partial charge on any atom is -0.390 e. The Morgan fingerprint density at radius 1 is 1.31 bits per heavy atom. The molecule has 0 radical (unpaired) electrons. The molecule has 0 saturated carbocycles. The van der Waals surface area contributed by atoms with Crippen LogP contribution in [0.5, 0.6) is 0 Å². The van der Waals surface area contributed by atoms with Gasteiger partial charge in [0.2, 0.25) is 0 Å². The molecule has 36 heavy (non-hydrogen) atoms. The molecule has 0 spiro atoms. The minimum atomic E-state index is -1.34. The molecule has 11 heteroatoms. The zero-order valence-corrected chi connectivity index (χ0v) is 21.4. The molecular formula is C25H30ClFN6O3. The summed E-state index contributed by atoms with van der Waals surface area (Å²) in [6, 6.07) is 8.97. The first-order valence-electron chi connectivity index (χ1n) is 11.8. The van der Waals surface area contributed by atoms with Crippen LogP contribution < -0.4 is 15.9 Å². The molecule has 3 aromatic rings. The van der Waals surface area contributed by atoms with Crippen molar-refractivity contribution in [3.8, 4) is 6.07 Å². The lowest BCUT2D eigenvalue weighted by atomic mass is 9.95. The Bertz CT molecular complexity index is 1380. The lowest BCUT2D eigenvalue weighted by molar-refractivity contribution is 0.0348. The number of nitriles is 1. The van der Waals surface area contributed by atoms with Crippen molar-refractivity contribution in [3.05, 3.63) is 45.3 Å². The van der Waals surface area contributed by atoms with E-state index in [0.29, 0.717) is 36.5 Å². The van der Waals surface area contributed by atoms with E-state index in [2.05, 4.69) is 16.4 Å². The summed E-state index contributed by atoms with van der Waals surface area (Å²) in [5.41, 5.74) is 1.15. The standard InChI is InChI=1S/C25H30ClFN6O3/c1-14-12-32(13-20(34)21(14)27)23-15(11-28)9-17(26)22(30-23)29-16-5-6-18-19(10-16)33(24(35)31(18)4)8-7-25(2,3)36/h5-6,9-10,14,20-21,34,36H,7-8,12-13H2,1-4H3,(H,29,30)/t14-,20+,21-/m0/s1. The summed E-state index contributed by atoms with van der Waals surface area (Å²) < 4.78 is 17.3. The molecule has 1 fully saturated rings. The Morgan fingerprint density at radius 2 is 2.03 bits per heavy atom. The number of alkyl halides is 1. The molecule has 192 valence electrons. The maximum atomic E-state index is 14.1.